The summed E-state index contributed by atoms with van der Waals surface area (Å²) < 4.78 is 67.1. The molecule has 0 amide bonds. The highest BCUT2D eigenvalue weighted by Crippen LogP contribution is 2.37. The van der Waals surface area contributed by atoms with Crippen molar-refractivity contribution in [3.63, 3.8) is 0 Å². The fourth-order valence-corrected chi connectivity index (χ4v) is 4.83. The fraction of sp³-hybridized carbons (Fsp3) is 0.238. The molecule has 0 bridgehead atoms. The Labute approximate surface area is 177 Å². The third-order valence-corrected chi connectivity index (χ3v) is 6.91. The highest BCUT2D eigenvalue weighted by atomic mass is 32.2. The molecule has 2 aromatic carbocycles. The average Bonchev–Trinajstić information content (AvgIpc) is 2.72. The van der Waals surface area contributed by atoms with Crippen molar-refractivity contribution in [2.75, 3.05) is 13.1 Å². The Kier molecular flexibility index (Phi) is 6.06. The first-order valence-electron chi connectivity index (χ1n) is 9.35. The summed E-state index contributed by atoms with van der Waals surface area (Å²) in [5.41, 5.74) is -1.64. The zero-order chi connectivity index (χ0) is 23.0. The predicted molar refractivity (Wildman–Crippen MR) is 109 cm³/mol. The van der Waals surface area contributed by atoms with E-state index in [0.717, 1.165) is 12.1 Å². The number of hydrogen-bond donors (Lipinski definition) is 1. The standard InChI is InChI=1S/C21H19F3N2O4S/c1-3-26(4-2)31(29,30)13-9-10-18-15(11-13)16(20(27)28)12-19(25-18)14-7-5-6-8-17(14)21(22,23)24/h5-12H,3-4H2,1-2H3,(H,27,28). The molecule has 3 aromatic rings. The van der Waals surface area contributed by atoms with Crippen molar-refractivity contribution in [2.24, 2.45) is 0 Å². The molecule has 0 aliphatic rings. The van der Waals surface area contributed by atoms with Crippen molar-refractivity contribution in [3.8, 4) is 11.3 Å². The first-order valence-corrected chi connectivity index (χ1v) is 10.8. The lowest BCUT2D eigenvalue weighted by molar-refractivity contribution is -0.137. The molecular weight excluding hydrogens is 433 g/mol. The lowest BCUT2D eigenvalue weighted by Crippen LogP contribution is -2.30. The number of benzene rings is 2. The van der Waals surface area contributed by atoms with E-state index in [4.69, 9.17) is 0 Å². The van der Waals surface area contributed by atoms with Gasteiger partial charge in [-0.15, -0.1) is 0 Å². The fourth-order valence-electron chi connectivity index (χ4n) is 3.35. The second-order valence-corrected chi connectivity index (χ2v) is 8.61. The van der Waals surface area contributed by atoms with E-state index in [1.165, 1.54) is 40.7 Å². The summed E-state index contributed by atoms with van der Waals surface area (Å²) in [6, 6.07) is 9.53. The number of carbonyl (C=O) groups is 1. The SMILES string of the molecule is CCN(CC)S(=O)(=O)c1ccc2nc(-c3ccccc3C(F)(F)F)cc(C(=O)O)c2c1. The van der Waals surface area contributed by atoms with Crippen molar-refractivity contribution in [1.29, 1.82) is 0 Å². The Morgan fingerprint density at radius 1 is 1.06 bits per heavy atom. The van der Waals surface area contributed by atoms with Gasteiger partial charge in [0.05, 0.1) is 27.2 Å². The van der Waals surface area contributed by atoms with Crippen LogP contribution in [0.5, 0.6) is 0 Å². The number of aromatic carboxylic acids is 1. The first-order chi connectivity index (χ1) is 14.5. The van der Waals surface area contributed by atoms with Gasteiger partial charge in [0.1, 0.15) is 0 Å². The summed E-state index contributed by atoms with van der Waals surface area (Å²) in [6.07, 6.45) is -4.65. The Bertz CT molecular complexity index is 1250. The molecule has 1 heterocycles. The molecule has 0 saturated carbocycles. The molecule has 0 atom stereocenters. The molecule has 0 aliphatic carbocycles. The topological polar surface area (TPSA) is 87.6 Å². The van der Waals surface area contributed by atoms with Crippen LogP contribution in [0.2, 0.25) is 0 Å². The number of fused-ring (bicyclic) bond motifs is 1. The molecule has 10 heteroatoms. The number of halogens is 3. The molecule has 0 saturated heterocycles. The van der Waals surface area contributed by atoms with Crippen molar-refractivity contribution in [2.45, 2.75) is 24.9 Å². The minimum Gasteiger partial charge on any atom is -0.478 e. The molecule has 0 spiro atoms. The van der Waals surface area contributed by atoms with Crippen LogP contribution < -0.4 is 0 Å². The van der Waals surface area contributed by atoms with Gasteiger partial charge in [-0.1, -0.05) is 32.0 Å². The first kappa shape index (κ1) is 22.7. The second-order valence-electron chi connectivity index (χ2n) is 6.67. The lowest BCUT2D eigenvalue weighted by Gasteiger charge is -2.19. The smallest absolute Gasteiger partial charge is 0.417 e. The number of hydrogen-bond acceptors (Lipinski definition) is 4. The summed E-state index contributed by atoms with van der Waals surface area (Å²) in [6.45, 7) is 3.82. The largest absolute Gasteiger partial charge is 0.478 e. The van der Waals surface area contributed by atoms with E-state index in [1.54, 1.807) is 13.8 Å². The monoisotopic (exact) mass is 452 g/mol. The maximum Gasteiger partial charge on any atom is 0.417 e. The Balaban J connectivity index is 2.27. The van der Waals surface area contributed by atoms with Crippen LogP contribution in [0, 0.1) is 0 Å². The average molecular weight is 452 g/mol. The van der Waals surface area contributed by atoms with Crippen LogP contribution in [-0.4, -0.2) is 41.9 Å². The summed E-state index contributed by atoms with van der Waals surface area (Å²) in [5.74, 6) is -1.41. The highest BCUT2D eigenvalue weighted by Gasteiger charge is 2.34. The quantitative estimate of drug-likeness (QED) is 0.588. The van der Waals surface area contributed by atoms with Crippen LogP contribution in [0.4, 0.5) is 13.2 Å². The van der Waals surface area contributed by atoms with E-state index in [9.17, 15) is 31.5 Å². The number of rotatable bonds is 6. The van der Waals surface area contributed by atoms with Gasteiger partial charge in [0.15, 0.2) is 0 Å². The number of aromatic nitrogens is 1. The second kappa shape index (κ2) is 8.27. The molecule has 1 N–H and O–H groups in total. The lowest BCUT2D eigenvalue weighted by atomic mass is 10.00. The zero-order valence-electron chi connectivity index (χ0n) is 16.6. The number of carboxylic acids is 1. The number of carboxylic acid groups (broad SMARTS) is 1. The third kappa shape index (κ3) is 4.26. The van der Waals surface area contributed by atoms with Crippen LogP contribution in [0.1, 0.15) is 29.8 Å². The van der Waals surface area contributed by atoms with Gasteiger partial charge in [0, 0.05) is 24.0 Å². The predicted octanol–water partition coefficient (Wildman–Crippen LogP) is 4.65. The summed E-state index contributed by atoms with van der Waals surface area (Å²) >= 11 is 0. The number of nitrogens with zero attached hydrogens (tertiary/aromatic N) is 2. The van der Waals surface area contributed by atoms with E-state index in [-0.39, 0.29) is 45.7 Å². The van der Waals surface area contributed by atoms with Crippen LogP contribution in [0.25, 0.3) is 22.2 Å². The van der Waals surface area contributed by atoms with Crippen molar-refractivity contribution in [1.82, 2.24) is 9.29 Å². The van der Waals surface area contributed by atoms with Gasteiger partial charge >= 0.3 is 12.1 Å². The minimum atomic E-state index is -4.65. The van der Waals surface area contributed by atoms with Crippen molar-refractivity contribution < 1.29 is 31.5 Å². The van der Waals surface area contributed by atoms with Gasteiger partial charge in [-0.05, 0) is 30.3 Å². The molecule has 0 aliphatic heterocycles. The van der Waals surface area contributed by atoms with Crippen LogP contribution >= 0.6 is 0 Å². The normalized spacial score (nSPS) is 12.5. The molecule has 6 nitrogen and oxygen atoms in total. The maximum absolute atomic E-state index is 13.4. The van der Waals surface area contributed by atoms with Crippen molar-refractivity contribution >= 4 is 26.9 Å². The van der Waals surface area contributed by atoms with Crippen molar-refractivity contribution in [3.05, 3.63) is 59.7 Å². The van der Waals surface area contributed by atoms with E-state index in [1.807, 2.05) is 0 Å². The minimum absolute atomic E-state index is 0.0222. The van der Waals surface area contributed by atoms with Crippen LogP contribution in [0.15, 0.2) is 53.4 Å². The Morgan fingerprint density at radius 2 is 1.71 bits per heavy atom. The van der Waals surface area contributed by atoms with E-state index < -0.39 is 27.7 Å². The molecule has 0 fully saturated rings. The molecule has 31 heavy (non-hydrogen) atoms. The molecule has 1 aromatic heterocycles. The van der Waals surface area contributed by atoms with E-state index >= 15 is 0 Å². The Hall–Kier alpha value is -2.98. The number of alkyl halides is 3. The molecule has 0 unspecified atom stereocenters. The van der Waals surface area contributed by atoms with Gasteiger partial charge in [-0.3, -0.25) is 0 Å². The summed E-state index contributed by atoms with van der Waals surface area (Å²) in [4.78, 5) is 16.0. The maximum atomic E-state index is 13.4. The molecule has 3 rings (SSSR count). The van der Waals surface area contributed by atoms with Gasteiger partial charge in [-0.2, -0.15) is 17.5 Å². The van der Waals surface area contributed by atoms with Gasteiger partial charge < -0.3 is 5.11 Å². The number of sulfonamides is 1. The van der Waals surface area contributed by atoms with E-state index in [2.05, 4.69) is 4.98 Å². The Morgan fingerprint density at radius 3 is 2.29 bits per heavy atom. The summed E-state index contributed by atoms with van der Waals surface area (Å²) in [5, 5.41) is 9.69. The highest BCUT2D eigenvalue weighted by molar-refractivity contribution is 7.89. The van der Waals surface area contributed by atoms with Gasteiger partial charge in [0.2, 0.25) is 10.0 Å². The number of pyridine rings is 1. The molecular formula is C21H19F3N2O4S. The molecule has 164 valence electrons. The third-order valence-electron chi connectivity index (χ3n) is 4.86. The molecule has 0 radical (unpaired) electrons. The van der Waals surface area contributed by atoms with Gasteiger partial charge in [-0.25, -0.2) is 18.2 Å². The van der Waals surface area contributed by atoms with E-state index in [0.29, 0.717) is 0 Å². The van der Waals surface area contributed by atoms with Gasteiger partial charge in [0.25, 0.3) is 0 Å². The van der Waals surface area contributed by atoms with Crippen LogP contribution in [0.3, 0.4) is 0 Å². The zero-order valence-corrected chi connectivity index (χ0v) is 17.5. The van der Waals surface area contributed by atoms with Crippen LogP contribution in [-0.2, 0) is 16.2 Å². The summed E-state index contributed by atoms with van der Waals surface area (Å²) in [7, 11) is -3.86.